The largest absolute Gasteiger partial charge is 0.494 e. The minimum absolute atomic E-state index is 0.00577. The number of guanidine groups is 2. The Kier molecular flexibility index (Phi) is 5.99. The second-order valence-corrected chi connectivity index (χ2v) is 4.94. The minimum atomic E-state index is -0.125. The zero-order chi connectivity index (χ0) is 16.5. The van der Waals surface area contributed by atoms with E-state index in [4.69, 9.17) is 21.9 Å². The lowest BCUT2D eigenvalue weighted by atomic mass is 10.1. The van der Waals surface area contributed by atoms with E-state index in [1.807, 2.05) is 30.3 Å². The summed E-state index contributed by atoms with van der Waals surface area (Å²) in [7, 11) is 0. The van der Waals surface area contributed by atoms with Crippen LogP contribution in [0.5, 0.6) is 5.75 Å². The highest BCUT2D eigenvalue weighted by molar-refractivity contribution is 5.93. The Morgan fingerprint density at radius 2 is 1.74 bits per heavy atom. The maximum atomic E-state index is 5.74. The molecule has 2 aromatic rings. The number of hydrogen-bond acceptors (Lipinski definition) is 2. The third-order valence-corrected chi connectivity index (χ3v) is 3.03. The van der Waals surface area contributed by atoms with Crippen molar-refractivity contribution < 1.29 is 4.74 Å². The lowest BCUT2D eigenvalue weighted by Gasteiger charge is -2.07. The van der Waals surface area contributed by atoms with Crippen molar-refractivity contribution in [3.8, 4) is 5.75 Å². The smallest absolute Gasteiger partial charge is 0.223 e. The van der Waals surface area contributed by atoms with Gasteiger partial charge in [-0.1, -0.05) is 36.4 Å². The maximum Gasteiger partial charge on any atom is 0.223 e. The predicted octanol–water partition coefficient (Wildman–Crippen LogP) is 1.92. The van der Waals surface area contributed by atoms with Crippen molar-refractivity contribution >= 4 is 17.6 Å². The molecule has 0 unspecified atom stereocenters. The van der Waals surface area contributed by atoms with Gasteiger partial charge in [0.1, 0.15) is 5.75 Å². The van der Waals surface area contributed by atoms with Crippen LogP contribution in [0.15, 0.2) is 64.6 Å². The molecular formula is C17H21N5O. The first-order valence-electron chi connectivity index (χ1n) is 7.34. The number of rotatable bonds is 6. The molecule has 6 nitrogen and oxygen atoms in total. The van der Waals surface area contributed by atoms with Crippen LogP contribution in [0, 0.1) is 0 Å². The molecule has 0 spiro atoms. The van der Waals surface area contributed by atoms with Gasteiger partial charge in [0.2, 0.25) is 5.96 Å². The summed E-state index contributed by atoms with van der Waals surface area (Å²) in [5.74, 6) is 0.614. The maximum absolute atomic E-state index is 5.74. The minimum Gasteiger partial charge on any atom is -0.494 e. The van der Waals surface area contributed by atoms with Crippen LogP contribution in [0.4, 0.5) is 5.69 Å². The number of benzene rings is 2. The molecule has 0 amide bonds. The van der Waals surface area contributed by atoms with Gasteiger partial charge < -0.3 is 21.9 Å². The molecule has 0 heterocycles. The number of ether oxygens (including phenoxy) is 1. The van der Waals surface area contributed by atoms with Crippen LogP contribution < -0.4 is 21.9 Å². The molecule has 6 heteroatoms. The standard InChI is InChI=1S/C17H21N5O/c18-16(19)22-17(20)21-14-9-4-10-15(12-14)23-11-5-8-13-6-2-1-3-7-13/h1-4,6-7,9-10,12H,5,8,11H2,(H6,18,19,20,21,22). The first kappa shape index (κ1) is 16.4. The van der Waals surface area contributed by atoms with Crippen LogP contribution in [0.1, 0.15) is 12.0 Å². The summed E-state index contributed by atoms with van der Waals surface area (Å²) in [5, 5.41) is 0. The molecule has 0 aliphatic carbocycles. The Bertz CT molecular complexity index is 678. The van der Waals surface area contributed by atoms with E-state index in [1.165, 1.54) is 5.56 Å². The highest BCUT2D eigenvalue weighted by Crippen LogP contribution is 2.20. The summed E-state index contributed by atoms with van der Waals surface area (Å²) in [4.78, 5) is 7.77. The molecule has 2 rings (SSSR count). The molecule has 120 valence electrons. The zero-order valence-corrected chi connectivity index (χ0v) is 12.9. The van der Waals surface area contributed by atoms with Crippen LogP contribution in [-0.4, -0.2) is 18.5 Å². The van der Waals surface area contributed by atoms with Crippen LogP contribution >= 0.6 is 0 Å². The fraction of sp³-hybridized carbons (Fsp3) is 0.176. The molecule has 23 heavy (non-hydrogen) atoms. The zero-order valence-electron chi connectivity index (χ0n) is 12.9. The van der Waals surface area contributed by atoms with Crippen molar-refractivity contribution in [1.82, 2.24) is 0 Å². The van der Waals surface area contributed by atoms with Gasteiger partial charge in [0.15, 0.2) is 5.96 Å². The van der Waals surface area contributed by atoms with Crippen LogP contribution in [-0.2, 0) is 6.42 Å². The van der Waals surface area contributed by atoms with E-state index < -0.39 is 0 Å². The molecule has 0 aliphatic rings. The molecule has 0 saturated heterocycles. The van der Waals surface area contributed by atoms with Gasteiger partial charge in [-0.15, -0.1) is 0 Å². The summed E-state index contributed by atoms with van der Waals surface area (Å²) >= 11 is 0. The average Bonchev–Trinajstić information content (AvgIpc) is 2.52. The summed E-state index contributed by atoms with van der Waals surface area (Å²) < 4.78 is 5.74. The Labute approximate surface area is 135 Å². The van der Waals surface area contributed by atoms with E-state index in [0.29, 0.717) is 12.3 Å². The van der Waals surface area contributed by atoms with Crippen LogP contribution in [0.25, 0.3) is 0 Å². The lowest BCUT2D eigenvalue weighted by Crippen LogP contribution is -2.26. The number of nitrogens with two attached hydrogens (primary N) is 3. The van der Waals surface area contributed by atoms with Crippen LogP contribution in [0.3, 0.4) is 0 Å². The molecule has 0 atom stereocenters. The van der Waals surface area contributed by atoms with Crippen LogP contribution in [0.2, 0.25) is 0 Å². The molecule has 6 N–H and O–H groups in total. The highest BCUT2D eigenvalue weighted by atomic mass is 16.5. The number of hydrogen-bond donors (Lipinski definition) is 3. The number of aliphatic imine (C=N–C) groups is 2. The first-order valence-corrected chi connectivity index (χ1v) is 7.34. The summed E-state index contributed by atoms with van der Waals surface area (Å²) in [6, 6.07) is 17.6. The van der Waals surface area contributed by atoms with Gasteiger partial charge in [-0.2, -0.15) is 4.99 Å². The number of aryl methyl sites for hydroxylation is 1. The van der Waals surface area contributed by atoms with Crippen molar-refractivity contribution in [3.05, 3.63) is 60.2 Å². The monoisotopic (exact) mass is 311 g/mol. The van der Waals surface area contributed by atoms with Gasteiger partial charge in [-0.05, 0) is 30.5 Å². The third-order valence-electron chi connectivity index (χ3n) is 3.03. The molecule has 0 aromatic heterocycles. The van der Waals surface area contributed by atoms with E-state index in [2.05, 4.69) is 22.1 Å². The van der Waals surface area contributed by atoms with Crippen molar-refractivity contribution in [2.45, 2.75) is 12.8 Å². The molecule has 2 aromatic carbocycles. The van der Waals surface area contributed by atoms with Gasteiger partial charge in [-0.3, -0.25) is 0 Å². The van der Waals surface area contributed by atoms with E-state index in [1.54, 1.807) is 12.1 Å². The van der Waals surface area contributed by atoms with Gasteiger partial charge in [0.25, 0.3) is 0 Å². The Morgan fingerprint density at radius 3 is 2.48 bits per heavy atom. The second kappa shape index (κ2) is 8.43. The van der Waals surface area contributed by atoms with Crippen molar-refractivity contribution in [1.29, 1.82) is 0 Å². The van der Waals surface area contributed by atoms with E-state index in [0.717, 1.165) is 18.6 Å². The van der Waals surface area contributed by atoms with Crippen molar-refractivity contribution in [2.75, 3.05) is 6.61 Å². The van der Waals surface area contributed by atoms with Gasteiger partial charge in [0, 0.05) is 6.07 Å². The Hall–Kier alpha value is -3.02. The fourth-order valence-electron chi connectivity index (χ4n) is 2.04. The quantitative estimate of drug-likeness (QED) is 0.430. The lowest BCUT2D eigenvalue weighted by molar-refractivity contribution is 0.311. The molecular weight excluding hydrogens is 290 g/mol. The summed E-state index contributed by atoms with van der Waals surface area (Å²) in [6.45, 7) is 0.630. The second-order valence-electron chi connectivity index (χ2n) is 4.94. The molecule has 0 radical (unpaired) electrons. The molecule has 0 bridgehead atoms. The van der Waals surface area contributed by atoms with E-state index >= 15 is 0 Å². The summed E-state index contributed by atoms with van der Waals surface area (Å²) in [5.41, 5.74) is 18.0. The molecule has 0 fully saturated rings. The normalized spacial score (nSPS) is 11.0. The third kappa shape index (κ3) is 6.09. The number of nitrogens with zero attached hydrogens (tertiary/aromatic N) is 2. The van der Waals surface area contributed by atoms with Gasteiger partial charge in [-0.25, -0.2) is 4.99 Å². The van der Waals surface area contributed by atoms with E-state index in [-0.39, 0.29) is 11.9 Å². The van der Waals surface area contributed by atoms with Crippen molar-refractivity contribution in [2.24, 2.45) is 27.2 Å². The first-order chi connectivity index (χ1) is 11.1. The fourth-order valence-corrected chi connectivity index (χ4v) is 2.04. The van der Waals surface area contributed by atoms with Gasteiger partial charge >= 0.3 is 0 Å². The highest BCUT2D eigenvalue weighted by Gasteiger charge is 1.98. The predicted molar refractivity (Wildman–Crippen MR) is 93.8 cm³/mol. The topological polar surface area (TPSA) is 112 Å². The van der Waals surface area contributed by atoms with E-state index in [9.17, 15) is 0 Å². The average molecular weight is 311 g/mol. The molecule has 0 aliphatic heterocycles. The SMILES string of the molecule is NC(N)=NC(N)=Nc1cccc(OCCCc2ccccc2)c1. The summed E-state index contributed by atoms with van der Waals surface area (Å²) in [6.07, 6.45) is 1.92. The molecule has 0 saturated carbocycles. The Balaban J connectivity index is 1.86. The van der Waals surface area contributed by atoms with Gasteiger partial charge in [0.05, 0.1) is 12.3 Å². The Morgan fingerprint density at radius 1 is 0.957 bits per heavy atom. The van der Waals surface area contributed by atoms with Crippen molar-refractivity contribution in [3.63, 3.8) is 0 Å².